The van der Waals surface area contributed by atoms with Crippen molar-refractivity contribution >= 4 is 39.6 Å². The zero-order chi connectivity index (χ0) is 26.8. The van der Waals surface area contributed by atoms with Gasteiger partial charge in [-0.1, -0.05) is 66.7 Å². The highest BCUT2D eigenvalue weighted by molar-refractivity contribution is 7.16. The molecule has 0 saturated heterocycles. The third-order valence-corrected chi connectivity index (χ3v) is 8.50. The Morgan fingerprint density at radius 3 is 2.54 bits per heavy atom. The molecule has 196 valence electrons. The summed E-state index contributed by atoms with van der Waals surface area (Å²) in [5, 5.41) is 3.66. The maximum Gasteiger partial charge on any atom is 0.277 e. The zero-order valence-corrected chi connectivity index (χ0v) is 22.3. The second-order valence-corrected chi connectivity index (χ2v) is 10.9. The molecule has 5 nitrogen and oxygen atoms in total. The van der Waals surface area contributed by atoms with E-state index in [9.17, 15) is 14.0 Å². The van der Waals surface area contributed by atoms with Gasteiger partial charge >= 0.3 is 0 Å². The monoisotopic (exact) mass is 537 g/mol. The number of carbonyl (C=O) groups excluding carboxylic acids is 2. The highest BCUT2D eigenvalue weighted by atomic mass is 32.1. The molecule has 1 aliphatic carbocycles. The quantitative estimate of drug-likeness (QED) is 0.296. The number of thiophene rings is 1. The van der Waals surface area contributed by atoms with Gasteiger partial charge in [0.1, 0.15) is 16.5 Å². The Morgan fingerprint density at radius 1 is 0.949 bits per heavy atom. The van der Waals surface area contributed by atoms with Crippen LogP contribution < -0.4 is 10.2 Å². The topological polar surface area (TPSA) is 61.8 Å². The van der Waals surface area contributed by atoms with E-state index in [4.69, 9.17) is 4.99 Å². The Bertz CT molecular complexity index is 1580. The third-order valence-electron chi connectivity index (χ3n) is 7.32. The van der Waals surface area contributed by atoms with Crippen molar-refractivity contribution < 1.29 is 14.0 Å². The number of aryl methyl sites for hydroxylation is 1. The number of hydrogen-bond acceptors (Lipinski definition) is 4. The van der Waals surface area contributed by atoms with Gasteiger partial charge in [-0.3, -0.25) is 9.59 Å². The molecule has 1 aromatic heterocycles. The van der Waals surface area contributed by atoms with Crippen LogP contribution in [0.5, 0.6) is 0 Å². The smallest absolute Gasteiger partial charge is 0.277 e. The SMILES string of the molecule is O=C(NCCc1ccccc1)c1c(N=C2C(=O)N(Cc3ccccc3F)c3ccccc32)sc2c1CCCC2. The van der Waals surface area contributed by atoms with E-state index in [0.29, 0.717) is 39.6 Å². The van der Waals surface area contributed by atoms with Crippen LogP contribution in [0.1, 0.15) is 50.3 Å². The fraction of sp³-hybridized carbons (Fsp3) is 0.219. The molecular weight excluding hydrogens is 509 g/mol. The molecule has 4 aromatic rings. The number of fused-ring (bicyclic) bond motifs is 2. The van der Waals surface area contributed by atoms with Crippen LogP contribution in [0, 0.1) is 5.82 Å². The maximum absolute atomic E-state index is 14.5. The van der Waals surface area contributed by atoms with Crippen LogP contribution in [0.15, 0.2) is 83.9 Å². The molecule has 7 heteroatoms. The number of aliphatic imine (C=N–C) groups is 1. The van der Waals surface area contributed by atoms with Gasteiger partial charge < -0.3 is 10.2 Å². The number of halogens is 1. The summed E-state index contributed by atoms with van der Waals surface area (Å²) in [6.45, 7) is 0.622. The summed E-state index contributed by atoms with van der Waals surface area (Å²) in [5.41, 5.74) is 4.93. The summed E-state index contributed by atoms with van der Waals surface area (Å²) >= 11 is 1.51. The lowest BCUT2D eigenvalue weighted by Crippen LogP contribution is -2.30. The molecule has 0 fully saturated rings. The van der Waals surface area contributed by atoms with Crippen molar-refractivity contribution in [3.05, 3.63) is 117 Å². The van der Waals surface area contributed by atoms with Crippen LogP contribution in [0.25, 0.3) is 0 Å². The first-order valence-corrected chi connectivity index (χ1v) is 14.1. The Balaban J connectivity index is 1.33. The molecule has 0 atom stereocenters. The Labute approximate surface area is 231 Å². The lowest BCUT2D eigenvalue weighted by Gasteiger charge is -2.17. The number of rotatable bonds is 7. The highest BCUT2D eigenvalue weighted by Gasteiger charge is 2.35. The lowest BCUT2D eigenvalue weighted by atomic mass is 9.95. The van der Waals surface area contributed by atoms with Gasteiger partial charge in [-0.2, -0.15) is 0 Å². The fourth-order valence-corrected chi connectivity index (χ4v) is 6.61. The summed E-state index contributed by atoms with van der Waals surface area (Å²) in [5.74, 6) is -0.790. The van der Waals surface area contributed by atoms with Gasteiger partial charge in [0.15, 0.2) is 0 Å². The predicted octanol–water partition coefficient (Wildman–Crippen LogP) is 6.41. The molecule has 2 amide bonds. The fourth-order valence-electron chi connectivity index (χ4n) is 5.34. The van der Waals surface area contributed by atoms with E-state index in [1.54, 1.807) is 23.1 Å². The van der Waals surface area contributed by atoms with E-state index in [-0.39, 0.29) is 24.2 Å². The Morgan fingerprint density at radius 2 is 1.69 bits per heavy atom. The maximum atomic E-state index is 14.5. The van der Waals surface area contributed by atoms with Crippen molar-refractivity contribution in [2.45, 2.75) is 38.6 Å². The molecule has 6 rings (SSSR count). The van der Waals surface area contributed by atoms with Crippen LogP contribution in [-0.2, 0) is 30.6 Å². The molecular formula is C32H28FN3O2S. The van der Waals surface area contributed by atoms with Crippen molar-refractivity contribution in [1.82, 2.24) is 5.32 Å². The summed E-state index contributed by atoms with van der Waals surface area (Å²) in [4.78, 5) is 34.9. The number of amides is 2. The molecule has 0 unspecified atom stereocenters. The highest BCUT2D eigenvalue weighted by Crippen LogP contribution is 2.41. The Kier molecular flexibility index (Phi) is 7.07. The number of nitrogens with one attached hydrogen (secondary N) is 1. The first kappa shape index (κ1) is 25.2. The number of para-hydroxylation sites is 1. The minimum atomic E-state index is -0.353. The van der Waals surface area contributed by atoms with Gasteiger partial charge in [0.05, 0.1) is 17.8 Å². The van der Waals surface area contributed by atoms with Crippen molar-refractivity contribution in [2.75, 3.05) is 11.4 Å². The predicted molar refractivity (Wildman–Crippen MR) is 154 cm³/mol. The van der Waals surface area contributed by atoms with Gasteiger partial charge in [0, 0.05) is 22.5 Å². The van der Waals surface area contributed by atoms with Gasteiger partial charge in [-0.25, -0.2) is 9.38 Å². The second kappa shape index (κ2) is 10.9. The van der Waals surface area contributed by atoms with Crippen LogP contribution in [-0.4, -0.2) is 24.1 Å². The molecule has 2 heterocycles. The van der Waals surface area contributed by atoms with Crippen LogP contribution in [0.4, 0.5) is 15.1 Å². The molecule has 1 N–H and O–H groups in total. The van der Waals surface area contributed by atoms with Gasteiger partial charge in [0.2, 0.25) is 0 Å². The molecule has 1 aliphatic heterocycles. The number of nitrogens with zero attached hydrogens (tertiary/aromatic N) is 2. The largest absolute Gasteiger partial charge is 0.352 e. The molecule has 0 spiro atoms. The lowest BCUT2D eigenvalue weighted by molar-refractivity contribution is -0.112. The van der Waals surface area contributed by atoms with E-state index in [1.807, 2.05) is 54.6 Å². The molecule has 3 aromatic carbocycles. The third kappa shape index (κ3) is 5.02. The zero-order valence-electron chi connectivity index (χ0n) is 21.5. The van der Waals surface area contributed by atoms with Crippen molar-refractivity contribution in [3.8, 4) is 0 Å². The number of anilines is 1. The average Bonchev–Trinajstić information content (AvgIpc) is 3.45. The standard InChI is InChI=1S/C32H28FN3O2S/c33-25-15-7-4-12-22(25)20-36-26-16-8-5-13-23(26)29(32(36)38)35-31-28(24-14-6-9-17-27(24)39-31)30(37)34-19-18-21-10-2-1-3-11-21/h1-5,7-8,10-13,15-16H,6,9,14,17-20H2,(H,34,37). The van der Waals surface area contributed by atoms with Crippen molar-refractivity contribution in [3.63, 3.8) is 0 Å². The van der Waals surface area contributed by atoms with Crippen LogP contribution >= 0.6 is 11.3 Å². The average molecular weight is 538 g/mol. The first-order chi connectivity index (χ1) is 19.1. The molecule has 2 aliphatic rings. The first-order valence-electron chi connectivity index (χ1n) is 13.3. The van der Waals surface area contributed by atoms with E-state index in [1.165, 1.54) is 22.3 Å². The van der Waals surface area contributed by atoms with Crippen LogP contribution in [0.3, 0.4) is 0 Å². The van der Waals surface area contributed by atoms with Crippen molar-refractivity contribution in [1.29, 1.82) is 0 Å². The summed E-state index contributed by atoms with van der Waals surface area (Å²) in [7, 11) is 0. The summed E-state index contributed by atoms with van der Waals surface area (Å²) < 4.78 is 14.5. The number of benzene rings is 3. The Hall–Kier alpha value is -4.10. The van der Waals surface area contributed by atoms with E-state index in [0.717, 1.165) is 43.2 Å². The van der Waals surface area contributed by atoms with E-state index >= 15 is 0 Å². The molecule has 0 saturated carbocycles. The minimum Gasteiger partial charge on any atom is -0.352 e. The number of hydrogen-bond donors (Lipinski definition) is 1. The summed E-state index contributed by atoms with van der Waals surface area (Å²) in [6.07, 6.45) is 4.60. The number of carbonyl (C=O) groups is 2. The van der Waals surface area contributed by atoms with Gasteiger partial charge in [-0.05, 0) is 55.4 Å². The van der Waals surface area contributed by atoms with Gasteiger partial charge in [0.25, 0.3) is 11.8 Å². The summed E-state index contributed by atoms with van der Waals surface area (Å²) in [6, 6.07) is 24.0. The van der Waals surface area contributed by atoms with E-state index < -0.39 is 0 Å². The minimum absolute atomic E-state index is 0.106. The molecule has 0 radical (unpaired) electrons. The van der Waals surface area contributed by atoms with Crippen LogP contribution in [0.2, 0.25) is 0 Å². The molecule has 39 heavy (non-hydrogen) atoms. The molecule has 0 bridgehead atoms. The van der Waals surface area contributed by atoms with Gasteiger partial charge in [-0.15, -0.1) is 11.3 Å². The van der Waals surface area contributed by atoms with Crippen molar-refractivity contribution in [2.24, 2.45) is 4.99 Å². The second-order valence-electron chi connectivity index (χ2n) is 9.84. The normalized spacial score (nSPS) is 15.4. The van der Waals surface area contributed by atoms with E-state index in [2.05, 4.69) is 5.32 Å².